The van der Waals surface area contributed by atoms with E-state index in [2.05, 4.69) is 15.6 Å². The summed E-state index contributed by atoms with van der Waals surface area (Å²) < 4.78 is 41.4. The maximum Gasteiger partial charge on any atom is 0.191 e. The van der Waals surface area contributed by atoms with Crippen LogP contribution >= 0.6 is 24.0 Å². The molecule has 2 aromatic carbocycles. The first-order chi connectivity index (χ1) is 12.9. The molecule has 0 aliphatic heterocycles. The fourth-order valence-corrected chi connectivity index (χ4v) is 2.97. The molecule has 0 atom stereocenters. The van der Waals surface area contributed by atoms with Gasteiger partial charge in [0, 0.05) is 25.9 Å². The molecule has 0 radical (unpaired) electrons. The zero-order valence-electron chi connectivity index (χ0n) is 15.8. The summed E-state index contributed by atoms with van der Waals surface area (Å²) in [5.41, 5.74) is 1.03. The van der Waals surface area contributed by atoms with Crippen LogP contribution in [0.4, 0.5) is 4.39 Å². The fourth-order valence-electron chi connectivity index (χ4n) is 2.34. The lowest BCUT2D eigenvalue weighted by atomic mass is 10.1. The number of aliphatic imine (C=N–C) groups is 1. The van der Waals surface area contributed by atoms with Crippen LogP contribution in [0.1, 0.15) is 5.56 Å². The minimum absolute atomic E-state index is 0. The molecule has 2 rings (SSSR count). The number of nitrogens with one attached hydrogen (secondary N) is 2. The molecule has 154 valence electrons. The molecule has 0 fully saturated rings. The third-order valence-corrected chi connectivity index (χ3v) is 4.87. The van der Waals surface area contributed by atoms with Crippen molar-refractivity contribution in [3.63, 3.8) is 0 Å². The first kappa shape index (κ1) is 24.2. The number of ether oxygens (including phenoxy) is 1. The number of guanidine groups is 1. The monoisotopic (exact) mass is 521 g/mol. The molecular weight excluding hydrogens is 496 g/mol. The Kier molecular flexibility index (Phi) is 10.2. The van der Waals surface area contributed by atoms with Crippen LogP contribution in [-0.4, -0.2) is 47.4 Å². The number of nitrogens with zero attached hydrogens (tertiary/aromatic N) is 1. The summed E-state index contributed by atoms with van der Waals surface area (Å²) in [7, 11) is -1.50. The van der Waals surface area contributed by atoms with Crippen LogP contribution in [0.5, 0.6) is 5.75 Å². The smallest absolute Gasteiger partial charge is 0.191 e. The van der Waals surface area contributed by atoms with Crippen LogP contribution in [0.3, 0.4) is 0 Å². The van der Waals surface area contributed by atoms with Gasteiger partial charge in [-0.2, -0.15) is 0 Å². The fraction of sp³-hybridized carbons (Fsp3) is 0.316. The van der Waals surface area contributed by atoms with Crippen molar-refractivity contribution < 1.29 is 17.5 Å². The van der Waals surface area contributed by atoms with Crippen molar-refractivity contribution in [1.29, 1.82) is 0 Å². The number of halogens is 2. The van der Waals surface area contributed by atoms with Crippen LogP contribution < -0.4 is 15.4 Å². The van der Waals surface area contributed by atoms with Gasteiger partial charge in [-0.1, -0.05) is 18.2 Å². The Morgan fingerprint density at radius 3 is 2.39 bits per heavy atom. The van der Waals surface area contributed by atoms with Gasteiger partial charge in [-0.15, -0.1) is 24.0 Å². The van der Waals surface area contributed by atoms with Crippen LogP contribution in [0.15, 0.2) is 58.4 Å². The van der Waals surface area contributed by atoms with E-state index in [1.165, 1.54) is 18.4 Å². The van der Waals surface area contributed by atoms with Gasteiger partial charge < -0.3 is 15.4 Å². The summed E-state index contributed by atoms with van der Waals surface area (Å²) >= 11 is 0. The molecule has 0 saturated heterocycles. The zero-order valence-corrected chi connectivity index (χ0v) is 19.0. The van der Waals surface area contributed by atoms with Crippen molar-refractivity contribution in [2.24, 2.45) is 4.99 Å². The molecule has 0 spiro atoms. The number of hydrogen-bond donors (Lipinski definition) is 2. The molecule has 2 N–H and O–H groups in total. The molecule has 0 amide bonds. The Morgan fingerprint density at radius 2 is 1.79 bits per heavy atom. The van der Waals surface area contributed by atoms with E-state index in [1.54, 1.807) is 43.4 Å². The van der Waals surface area contributed by atoms with Crippen LogP contribution in [0, 0.1) is 5.82 Å². The second kappa shape index (κ2) is 11.8. The summed E-state index contributed by atoms with van der Waals surface area (Å²) in [6.45, 7) is 1.53. The largest absolute Gasteiger partial charge is 0.492 e. The molecule has 0 aliphatic carbocycles. The highest BCUT2D eigenvalue weighted by Gasteiger charge is 2.06. The summed E-state index contributed by atoms with van der Waals surface area (Å²) in [6, 6.07) is 12.8. The predicted octanol–water partition coefficient (Wildman–Crippen LogP) is 2.63. The average Bonchev–Trinajstić information content (AvgIpc) is 2.63. The van der Waals surface area contributed by atoms with Crippen molar-refractivity contribution in [2.75, 3.05) is 33.0 Å². The summed E-state index contributed by atoms with van der Waals surface area (Å²) in [6.07, 6.45) is 1.92. The second-order valence-electron chi connectivity index (χ2n) is 5.90. The van der Waals surface area contributed by atoms with E-state index in [0.717, 1.165) is 12.0 Å². The highest BCUT2D eigenvalue weighted by Crippen LogP contribution is 2.11. The van der Waals surface area contributed by atoms with Gasteiger partial charge in [0.15, 0.2) is 15.8 Å². The minimum atomic E-state index is -3.17. The van der Waals surface area contributed by atoms with Crippen LogP contribution in [-0.2, 0) is 16.3 Å². The van der Waals surface area contributed by atoms with Gasteiger partial charge in [-0.25, -0.2) is 12.8 Å². The Labute approximate surface area is 182 Å². The SMILES string of the molecule is CN=C(NCCOc1cccc(F)c1)NCCc1ccc(S(C)(=O)=O)cc1.I. The van der Waals surface area contributed by atoms with Crippen molar-refractivity contribution in [3.8, 4) is 5.75 Å². The Balaban J connectivity index is 0.00000392. The maximum atomic E-state index is 13.1. The van der Waals surface area contributed by atoms with Crippen molar-refractivity contribution >= 4 is 39.8 Å². The first-order valence-electron chi connectivity index (χ1n) is 8.50. The molecule has 28 heavy (non-hydrogen) atoms. The van der Waals surface area contributed by atoms with Crippen LogP contribution in [0.25, 0.3) is 0 Å². The van der Waals surface area contributed by atoms with Gasteiger partial charge in [-0.3, -0.25) is 4.99 Å². The standard InChI is InChI=1S/C19H24FN3O3S.HI/c1-21-19(23-12-13-26-17-5-3-4-16(20)14-17)22-11-10-15-6-8-18(9-7-15)27(2,24)25;/h3-9,14H,10-13H2,1-2H3,(H2,21,22,23);1H. The van der Waals surface area contributed by atoms with E-state index in [9.17, 15) is 12.8 Å². The van der Waals surface area contributed by atoms with Gasteiger partial charge >= 0.3 is 0 Å². The molecule has 0 heterocycles. The lowest BCUT2D eigenvalue weighted by molar-refractivity contribution is 0.320. The average molecular weight is 521 g/mol. The summed E-state index contributed by atoms with van der Waals surface area (Å²) in [5, 5.41) is 6.29. The highest BCUT2D eigenvalue weighted by atomic mass is 127. The van der Waals surface area contributed by atoms with Crippen LogP contribution in [0.2, 0.25) is 0 Å². The molecular formula is C19H25FIN3O3S. The molecule has 6 nitrogen and oxygen atoms in total. The van der Waals surface area contributed by atoms with E-state index in [0.29, 0.717) is 36.3 Å². The van der Waals surface area contributed by atoms with Gasteiger partial charge in [0.2, 0.25) is 0 Å². The van der Waals surface area contributed by atoms with Gasteiger partial charge in [-0.05, 0) is 36.2 Å². The number of sulfone groups is 1. The molecule has 9 heteroatoms. The van der Waals surface area contributed by atoms with Crippen molar-refractivity contribution in [3.05, 3.63) is 59.9 Å². The lowest BCUT2D eigenvalue weighted by Gasteiger charge is -2.12. The molecule has 0 bridgehead atoms. The topological polar surface area (TPSA) is 79.8 Å². The lowest BCUT2D eigenvalue weighted by Crippen LogP contribution is -2.40. The van der Waals surface area contributed by atoms with E-state index >= 15 is 0 Å². The Hall–Kier alpha value is -1.88. The van der Waals surface area contributed by atoms with E-state index in [4.69, 9.17) is 4.74 Å². The van der Waals surface area contributed by atoms with Gasteiger partial charge in [0.25, 0.3) is 0 Å². The first-order valence-corrected chi connectivity index (χ1v) is 10.4. The molecule has 0 aliphatic rings. The van der Waals surface area contributed by atoms with E-state index < -0.39 is 9.84 Å². The molecule has 0 saturated carbocycles. The molecule has 2 aromatic rings. The Bertz CT molecular complexity index is 874. The van der Waals surface area contributed by atoms with Crippen molar-refractivity contribution in [1.82, 2.24) is 10.6 Å². The quantitative estimate of drug-likeness (QED) is 0.242. The zero-order chi connectivity index (χ0) is 19.7. The summed E-state index contributed by atoms with van der Waals surface area (Å²) in [5.74, 6) is 0.783. The van der Waals surface area contributed by atoms with E-state index in [1.807, 2.05) is 0 Å². The number of rotatable bonds is 8. The third-order valence-electron chi connectivity index (χ3n) is 3.74. The predicted molar refractivity (Wildman–Crippen MR) is 120 cm³/mol. The normalized spacial score (nSPS) is 11.5. The van der Waals surface area contributed by atoms with E-state index in [-0.39, 0.29) is 29.8 Å². The number of hydrogen-bond acceptors (Lipinski definition) is 4. The highest BCUT2D eigenvalue weighted by molar-refractivity contribution is 14.0. The third kappa shape index (κ3) is 8.42. The summed E-state index contributed by atoms with van der Waals surface area (Å²) in [4.78, 5) is 4.44. The minimum Gasteiger partial charge on any atom is -0.492 e. The van der Waals surface area contributed by atoms with Crippen molar-refractivity contribution in [2.45, 2.75) is 11.3 Å². The second-order valence-corrected chi connectivity index (χ2v) is 7.91. The molecule has 0 unspecified atom stereocenters. The Morgan fingerprint density at radius 1 is 1.11 bits per heavy atom. The van der Waals surface area contributed by atoms with Gasteiger partial charge in [0.05, 0.1) is 11.4 Å². The number of benzene rings is 2. The molecule has 0 aromatic heterocycles. The maximum absolute atomic E-state index is 13.1. The van der Waals surface area contributed by atoms with Gasteiger partial charge in [0.1, 0.15) is 18.2 Å².